The van der Waals surface area contributed by atoms with Gasteiger partial charge in [0.05, 0.1) is 0 Å². The molecule has 0 saturated carbocycles. The molecule has 0 atom stereocenters. The molecule has 0 amide bonds. The Balaban J connectivity index is 0.000000324. The minimum Gasteiger partial charge on any atom is -0.778 e. The van der Waals surface area contributed by atoms with Gasteiger partial charge >= 0.3 is 19.5 Å². The van der Waals surface area contributed by atoms with Crippen LogP contribution in [0.15, 0.2) is 46.2 Å². The standard InChI is InChI=1S/2C6H6ClNS.Zn/c2*7-4-1-2-5(8)6(9)3-4;/h2*1-3,9H,8H2;/q;;+2/p-2. The summed E-state index contributed by atoms with van der Waals surface area (Å²) in [4.78, 5) is 1.23. The zero-order valence-electron chi connectivity index (χ0n) is 9.90. The van der Waals surface area contributed by atoms with E-state index < -0.39 is 0 Å². The summed E-state index contributed by atoms with van der Waals surface area (Å²) in [6.45, 7) is 0. The number of nitrogens with two attached hydrogens (primary N) is 2. The normalized spacial score (nSPS) is 8.95. The van der Waals surface area contributed by atoms with Crippen molar-refractivity contribution in [1.29, 1.82) is 0 Å². The van der Waals surface area contributed by atoms with Crippen LogP contribution in [0.3, 0.4) is 0 Å². The molecule has 0 aromatic heterocycles. The van der Waals surface area contributed by atoms with Crippen LogP contribution in [0.2, 0.25) is 10.0 Å². The zero-order chi connectivity index (χ0) is 13.7. The predicted molar refractivity (Wildman–Crippen MR) is 83.0 cm³/mol. The van der Waals surface area contributed by atoms with E-state index in [1.165, 1.54) is 0 Å². The van der Waals surface area contributed by atoms with Gasteiger partial charge in [-0.3, -0.25) is 0 Å². The van der Waals surface area contributed by atoms with E-state index in [4.69, 9.17) is 59.9 Å². The van der Waals surface area contributed by atoms with E-state index in [0.29, 0.717) is 31.2 Å². The van der Waals surface area contributed by atoms with E-state index in [2.05, 4.69) is 0 Å². The molecule has 2 aromatic carbocycles. The van der Waals surface area contributed by atoms with Crippen LogP contribution in [0, 0.1) is 0 Å². The third kappa shape index (κ3) is 6.59. The first kappa shape index (κ1) is 18.7. The van der Waals surface area contributed by atoms with Crippen molar-refractivity contribution < 1.29 is 19.5 Å². The van der Waals surface area contributed by atoms with Crippen LogP contribution < -0.4 is 11.5 Å². The Labute approximate surface area is 146 Å². The Bertz CT molecular complexity index is 504. The maximum absolute atomic E-state index is 5.59. The monoisotopic (exact) mass is 380 g/mol. The van der Waals surface area contributed by atoms with Crippen molar-refractivity contribution in [3.8, 4) is 0 Å². The number of anilines is 2. The van der Waals surface area contributed by atoms with E-state index in [1.54, 1.807) is 36.4 Å². The van der Waals surface area contributed by atoms with Crippen LogP contribution in [0.5, 0.6) is 0 Å². The second-order valence-corrected chi connectivity index (χ2v) is 5.12. The van der Waals surface area contributed by atoms with E-state index in [0.717, 1.165) is 0 Å². The maximum Gasteiger partial charge on any atom is 2.00 e. The molecule has 0 unspecified atom stereocenters. The molecule has 0 aliphatic rings. The molecule has 96 valence electrons. The van der Waals surface area contributed by atoms with Gasteiger partial charge in [0.1, 0.15) is 0 Å². The van der Waals surface area contributed by atoms with Crippen LogP contribution in [-0.4, -0.2) is 0 Å². The number of rotatable bonds is 0. The third-order valence-electron chi connectivity index (χ3n) is 1.95. The molecule has 0 aliphatic carbocycles. The summed E-state index contributed by atoms with van der Waals surface area (Å²) < 4.78 is 0. The minimum absolute atomic E-state index is 0. The van der Waals surface area contributed by atoms with Gasteiger partial charge in [-0.05, 0) is 24.3 Å². The van der Waals surface area contributed by atoms with Gasteiger partial charge in [0.15, 0.2) is 0 Å². The Morgan fingerprint density at radius 2 is 1.05 bits per heavy atom. The maximum atomic E-state index is 5.59. The van der Waals surface area contributed by atoms with Gasteiger partial charge in [0.25, 0.3) is 0 Å². The molecule has 4 N–H and O–H groups in total. The average Bonchev–Trinajstić information content (AvgIpc) is 2.30. The summed E-state index contributed by atoms with van der Waals surface area (Å²) in [5.74, 6) is 0. The minimum atomic E-state index is 0. The first-order valence-electron chi connectivity index (χ1n) is 4.84. The number of hydrogen-bond acceptors (Lipinski definition) is 4. The van der Waals surface area contributed by atoms with Crippen molar-refractivity contribution in [2.24, 2.45) is 0 Å². The molecule has 0 aliphatic heterocycles. The van der Waals surface area contributed by atoms with Crippen LogP contribution in [0.1, 0.15) is 0 Å². The van der Waals surface area contributed by atoms with E-state index in [1.807, 2.05) is 0 Å². The van der Waals surface area contributed by atoms with Crippen molar-refractivity contribution in [1.82, 2.24) is 0 Å². The molecule has 0 bridgehead atoms. The van der Waals surface area contributed by atoms with Gasteiger partial charge in [0.2, 0.25) is 0 Å². The number of nitrogen functional groups attached to an aromatic ring is 2. The second kappa shape index (κ2) is 8.77. The van der Waals surface area contributed by atoms with Gasteiger partial charge in [0, 0.05) is 21.4 Å². The van der Waals surface area contributed by atoms with Gasteiger partial charge in [-0.15, -0.1) is 0 Å². The smallest absolute Gasteiger partial charge is 0.778 e. The molecule has 2 nitrogen and oxygen atoms in total. The quantitative estimate of drug-likeness (QED) is 0.415. The number of benzene rings is 2. The summed E-state index contributed by atoms with van der Waals surface area (Å²) in [5, 5.41) is 1.27. The van der Waals surface area contributed by atoms with Crippen LogP contribution in [0.4, 0.5) is 11.4 Å². The van der Waals surface area contributed by atoms with Crippen molar-refractivity contribution in [2.75, 3.05) is 11.5 Å². The molecular formula is C12H10Cl2N2S2Zn. The Morgan fingerprint density at radius 3 is 1.26 bits per heavy atom. The predicted octanol–water partition coefficient (Wildman–Crippen LogP) is 3.65. The van der Waals surface area contributed by atoms with Gasteiger partial charge in [-0.1, -0.05) is 35.3 Å². The van der Waals surface area contributed by atoms with Crippen LogP contribution in [0.25, 0.3) is 0 Å². The van der Waals surface area contributed by atoms with Gasteiger partial charge < -0.3 is 36.7 Å². The molecule has 19 heavy (non-hydrogen) atoms. The fraction of sp³-hybridized carbons (Fsp3) is 0. The van der Waals surface area contributed by atoms with Crippen LogP contribution >= 0.6 is 23.2 Å². The van der Waals surface area contributed by atoms with Crippen molar-refractivity contribution >= 4 is 59.8 Å². The molecular weight excluding hydrogens is 373 g/mol. The van der Waals surface area contributed by atoms with Crippen molar-refractivity contribution in [2.45, 2.75) is 9.79 Å². The molecule has 0 heterocycles. The first-order valence-corrected chi connectivity index (χ1v) is 6.41. The second-order valence-electron chi connectivity index (χ2n) is 3.36. The third-order valence-corrected chi connectivity index (χ3v) is 3.13. The molecule has 0 radical (unpaired) electrons. The molecule has 0 fully saturated rings. The Kier molecular flexibility index (Phi) is 8.63. The Hall–Kier alpha value is -0.317. The van der Waals surface area contributed by atoms with Crippen molar-refractivity contribution in [3.05, 3.63) is 46.4 Å². The topological polar surface area (TPSA) is 52.0 Å². The summed E-state index contributed by atoms with van der Waals surface area (Å²) in [6.07, 6.45) is 0. The van der Waals surface area contributed by atoms with E-state index in [9.17, 15) is 0 Å². The summed E-state index contributed by atoms with van der Waals surface area (Å²) in [6, 6.07) is 10.1. The summed E-state index contributed by atoms with van der Waals surface area (Å²) in [5.41, 5.74) is 12.1. The summed E-state index contributed by atoms with van der Waals surface area (Å²) >= 11 is 20.9. The average molecular weight is 383 g/mol. The molecule has 7 heteroatoms. The van der Waals surface area contributed by atoms with Gasteiger partial charge in [-0.25, -0.2) is 0 Å². The van der Waals surface area contributed by atoms with Crippen molar-refractivity contribution in [3.63, 3.8) is 0 Å². The number of halogens is 2. The Morgan fingerprint density at radius 1 is 0.737 bits per heavy atom. The molecule has 0 spiro atoms. The molecule has 2 aromatic rings. The largest absolute Gasteiger partial charge is 2.00 e. The molecule has 2 rings (SSSR count). The molecule has 0 saturated heterocycles. The van der Waals surface area contributed by atoms with E-state index >= 15 is 0 Å². The zero-order valence-corrected chi connectivity index (χ0v) is 16.0. The van der Waals surface area contributed by atoms with Crippen LogP contribution in [-0.2, 0) is 44.7 Å². The fourth-order valence-corrected chi connectivity index (χ4v) is 1.88. The van der Waals surface area contributed by atoms with E-state index in [-0.39, 0.29) is 19.5 Å². The SMILES string of the molecule is Nc1ccc(Cl)cc1[S-].Nc1ccc(Cl)cc1[S-].[Zn+2]. The summed E-state index contributed by atoms with van der Waals surface area (Å²) in [7, 11) is 0. The fourth-order valence-electron chi connectivity index (χ4n) is 1.02. The first-order chi connectivity index (χ1) is 8.40. The van der Waals surface area contributed by atoms with Gasteiger partial charge in [-0.2, -0.15) is 9.79 Å². The number of hydrogen-bond donors (Lipinski definition) is 2.